The molecule has 0 fully saturated rings. The van der Waals surface area contributed by atoms with Crippen molar-refractivity contribution in [1.82, 2.24) is 4.72 Å². The molecule has 0 radical (unpaired) electrons. The van der Waals surface area contributed by atoms with Crippen LogP contribution in [-0.2, 0) is 20.0 Å². The summed E-state index contributed by atoms with van der Waals surface area (Å²) in [5.41, 5.74) is 0.274. The fourth-order valence-electron chi connectivity index (χ4n) is 2.86. The minimum absolute atomic E-state index is 0.0523. The second kappa shape index (κ2) is 7.59. The first-order chi connectivity index (χ1) is 13.4. The lowest BCUT2D eigenvalue weighted by atomic mass is 10.1. The molecule has 3 rings (SSSR count). The highest BCUT2D eigenvalue weighted by Crippen LogP contribution is 2.42. The highest BCUT2D eigenvalue weighted by molar-refractivity contribution is 7.96. The van der Waals surface area contributed by atoms with Crippen molar-refractivity contribution >= 4 is 54.7 Å². The van der Waals surface area contributed by atoms with Crippen LogP contribution >= 0.6 is 22.9 Å². The van der Waals surface area contributed by atoms with E-state index in [0.717, 1.165) is 4.31 Å². The summed E-state index contributed by atoms with van der Waals surface area (Å²) in [6.07, 6.45) is 1.59. The summed E-state index contributed by atoms with van der Waals surface area (Å²) in [6, 6.07) is 7.93. The van der Waals surface area contributed by atoms with Crippen LogP contribution in [0.25, 0.3) is 6.08 Å². The number of alkyl halides is 1. The van der Waals surface area contributed by atoms with E-state index in [2.05, 4.69) is 4.72 Å². The summed E-state index contributed by atoms with van der Waals surface area (Å²) in [5, 5.41) is 0. The van der Waals surface area contributed by atoms with E-state index in [9.17, 15) is 16.8 Å². The molecular formula is C18H21ClN2O5S3. The molecule has 7 nitrogen and oxygen atoms in total. The number of ether oxygens (including phenoxy) is 1. The first kappa shape index (κ1) is 22.1. The first-order valence-corrected chi connectivity index (χ1v) is 12.8. The second-order valence-corrected chi connectivity index (χ2v) is 12.6. The van der Waals surface area contributed by atoms with Crippen molar-refractivity contribution in [3.63, 3.8) is 0 Å². The van der Waals surface area contributed by atoms with Crippen LogP contribution in [0.3, 0.4) is 0 Å². The summed E-state index contributed by atoms with van der Waals surface area (Å²) in [4.78, 5) is 0. The quantitative estimate of drug-likeness (QED) is 0.665. The standard InChI is InChI=1S/C18H21ClN2O5S3/c1-18(2,3)20-28(22,23)16-9-12-8-14(11-19)21(29(24,25)17(12)27-16)13-6-5-7-15(10-13)26-4/h5-10,20H,11H2,1-4H3. The van der Waals surface area contributed by atoms with Gasteiger partial charge in [0.15, 0.2) is 0 Å². The van der Waals surface area contributed by atoms with Gasteiger partial charge in [-0.3, -0.25) is 0 Å². The van der Waals surface area contributed by atoms with Crippen molar-refractivity contribution in [2.75, 3.05) is 17.3 Å². The minimum atomic E-state index is -4.05. The second-order valence-electron chi connectivity index (χ2n) is 7.40. The molecule has 2 aromatic rings. The number of fused-ring (bicyclic) bond motifs is 1. The van der Waals surface area contributed by atoms with Crippen LogP contribution in [0, 0.1) is 0 Å². The molecule has 0 atom stereocenters. The molecule has 158 valence electrons. The number of methoxy groups -OCH3 is 1. The number of sulfonamides is 2. The topological polar surface area (TPSA) is 92.8 Å². The number of halogens is 1. The maximum atomic E-state index is 13.4. The number of hydrogen-bond acceptors (Lipinski definition) is 6. The van der Waals surface area contributed by atoms with Crippen LogP contribution in [0.2, 0.25) is 0 Å². The van der Waals surface area contributed by atoms with Gasteiger partial charge in [0.2, 0.25) is 0 Å². The molecule has 2 heterocycles. The number of nitrogens with one attached hydrogen (secondary N) is 1. The lowest BCUT2D eigenvalue weighted by Crippen LogP contribution is -2.40. The van der Waals surface area contributed by atoms with Gasteiger partial charge in [-0.25, -0.2) is 17.4 Å². The summed E-state index contributed by atoms with van der Waals surface area (Å²) >= 11 is 6.76. The molecule has 29 heavy (non-hydrogen) atoms. The predicted octanol–water partition coefficient (Wildman–Crippen LogP) is 3.62. The summed E-state index contributed by atoms with van der Waals surface area (Å²) in [7, 11) is -6.44. The summed E-state index contributed by atoms with van der Waals surface area (Å²) in [6.45, 7) is 5.14. The van der Waals surface area contributed by atoms with E-state index in [1.807, 2.05) is 0 Å². The number of benzene rings is 1. The van der Waals surface area contributed by atoms with Crippen LogP contribution in [0.1, 0.15) is 26.3 Å². The third kappa shape index (κ3) is 4.31. The van der Waals surface area contributed by atoms with Gasteiger partial charge in [-0.05, 0) is 45.0 Å². The number of rotatable bonds is 5. The van der Waals surface area contributed by atoms with E-state index in [0.29, 0.717) is 34.0 Å². The molecule has 0 saturated carbocycles. The van der Waals surface area contributed by atoms with E-state index < -0.39 is 25.6 Å². The molecule has 0 saturated heterocycles. The van der Waals surface area contributed by atoms with Gasteiger partial charge in [-0.2, -0.15) is 8.42 Å². The Morgan fingerprint density at radius 1 is 1.24 bits per heavy atom. The Labute approximate surface area is 180 Å². The van der Waals surface area contributed by atoms with E-state index in [4.69, 9.17) is 16.3 Å². The van der Waals surface area contributed by atoms with Crippen LogP contribution in [-0.4, -0.2) is 35.4 Å². The van der Waals surface area contributed by atoms with Crippen molar-refractivity contribution in [1.29, 1.82) is 0 Å². The van der Waals surface area contributed by atoms with Crippen molar-refractivity contribution in [2.45, 2.75) is 34.7 Å². The third-order valence-electron chi connectivity index (χ3n) is 3.89. The largest absolute Gasteiger partial charge is 0.497 e. The van der Waals surface area contributed by atoms with Gasteiger partial charge in [0.25, 0.3) is 20.0 Å². The van der Waals surface area contributed by atoms with Gasteiger partial charge in [0.1, 0.15) is 14.2 Å². The molecular weight excluding hydrogens is 456 g/mol. The Bertz CT molecular complexity index is 1180. The Morgan fingerprint density at radius 3 is 2.52 bits per heavy atom. The van der Waals surface area contributed by atoms with Gasteiger partial charge in [0, 0.05) is 17.2 Å². The molecule has 11 heteroatoms. The van der Waals surface area contributed by atoms with Crippen LogP contribution in [0.15, 0.2) is 44.4 Å². The average Bonchev–Trinajstić information content (AvgIpc) is 3.05. The van der Waals surface area contributed by atoms with E-state index in [-0.39, 0.29) is 14.3 Å². The van der Waals surface area contributed by atoms with Gasteiger partial charge in [0.05, 0.1) is 24.4 Å². The molecule has 1 aromatic carbocycles. The molecule has 1 aromatic heterocycles. The van der Waals surface area contributed by atoms with Crippen molar-refractivity contribution < 1.29 is 21.6 Å². The summed E-state index contributed by atoms with van der Waals surface area (Å²) in [5.74, 6) is 0.412. The van der Waals surface area contributed by atoms with Gasteiger partial charge >= 0.3 is 0 Å². The molecule has 1 aliphatic heterocycles. The molecule has 0 unspecified atom stereocenters. The van der Waals surface area contributed by atoms with Crippen molar-refractivity contribution in [2.24, 2.45) is 0 Å². The molecule has 1 aliphatic rings. The maximum Gasteiger partial charge on any atom is 0.278 e. The Kier molecular flexibility index (Phi) is 5.78. The third-order valence-corrected chi connectivity index (χ3v) is 9.85. The zero-order valence-corrected chi connectivity index (χ0v) is 19.5. The first-order valence-electron chi connectivity index (χ1n) is 8.53. The summed E-state index contributed by atoms with van der Waals surface area (Å²) < 4.78 is 60.9. The van der Waals surface area contributed by atoms with Crippen LogP contribution in [0.5, 0.6) is 5.75 Å². The van der Waals surface area contributed by atoms with E-state index in [1.54, 1.807) is 51.1 Å². The fourth-order valence-corrected chi connectivity index (χ4v) is 8.21. The normalized spacial score (nSPS) is 16.3. The highest BCUT2D eigenvalue weighted by Gasteiger charge is 2.37. The Balaban J connectivity index is 2.15. The zero-order chi connectivity index (χ0) is 21.6. The Morgan fingerprint density at radius 2 is 1.93 bits per heavy atom. The van der Waals surface area contributed by atoms with Gasteiger partial charge < -0.3 is 4.74 Å². The lowest BCUT2D eigenvalue weighted by Gasteiger charge is -2.29. The monoisotopic (exact) mass is 476 g/mol. The molecule has 0 aliphatic carbocycles. The Hall–Kier alpha value is -1.59. The fraction of sp³-hybridized carbons (Fsp3) is 0.333. The SMILES string of the molecule is COc1cccc(N2C(CCl)=Cc3cc(S(=O)(=O)NC(C)(C)C)sc3S2(=O)=O)c1. The van der Waals surface area contributed by atoms with Crippen molar-refractivity contribution in [3.8, 4) is 5.75 Å². The van der Waals surface area contributed by atoms with Crippen LogP contribution in [0.4, 0.5) is 5.69 Å². The van der Waals surface area contributed by atoms with Crippen LogP contribution < -0.4 is 13.8 Å². The molecule has 1 N–H and O–H groups in total. The number of hydrogen-bond donors (Lipinski definition) is 1. The number of nitrogens with zero attached hydrogens (tertiary/aromatic N) is 1. The number of anilines is 1. The molecule has 0 bridgehead atoms. The van der Waals surface area contributed by atoms with Gasteiger partial charge in [-0.15, -0.1) is 22.9 Å². The number of allylic oxidation sites excluding steroid dienone is 1. The lowest BCUT2D eigenvalue weighted by molar-refractivity contribution is 0.415. The smallest absolute Gasteiger partial charge is 0.278 e. The molecule has 0 spiro atoms. The predicted molar refractivity (Wildman–Crippen MR) is 116 cm³/mol. The molecule has 0 amide bonds. The van der Waals surface area contributed by atoms with Crippen molar-refractivity contribution in [3.05, 3.63) is 41.6 Å². The zero-order valence-electron chi connectivity index (χ0n) is 16.3. The highest BCUT2D eigenvalue weighted by atomic mass is 35.5. The van der Waals surface area contributed by atoms with E-state index in [1.165, 1.54) is 13.2 Å². The minimum Gasteiger partial charge on any atom is -0.497 e. The average molecular weight is 477 g/mol. The van der Waals surface area contributed by atoms with Gasteiger partial charge in [-0.1, -0.05) is 6.07 Å². The maximum absolute atomic E-state index is 13.4. The van der Waals surface area contributed by atoms with E-state index >= 15 is 0 Å². The number of thiophene rings is 1.